The predicted octanol–water partition coefficient (Wildman–Crippen LogP) is 2.50. The predicted molar refractivity (Wildman–Crippen MR) is 53.7 cm³/mol. The lowest BCUT2D eigenvalue weighted by molar-refractivity contribution is 1.12. The topological polar surface area (TPSA) is 25.8 Å². The zero-order valence-corrected chi connectivity index (χ0v) is 7.91. The van der Waals surface area contributed by atoms with E-state index in [0.717, 1.165) is 17.6 Å². The molecule has 1 aromatic heterocycles. The molecule has 0 radical (unpaired) electrons. The average Bonchev–Trinajstić information content (AvgIpc) is 2.18. The Morgan fingerprint density at radius 1 is 1.23 bits per heavy atom. The zero-order chi connectivity index (χ0) is 9.26. The van der Waals surface area contributed by atoms with Crippen LogP contribution in [0.15, 0.2) is 24.5 Å². The summed E-state index contributed by atoms with van der Waals surface area (Å²) in [7, 11) is 0. The molecular formula is C11H12N2. The maximum absolute atomic E-state index is 4.21. The van der Waals surface area contributed by atoms with Gasteiger partial charge >= 0.3 is 0 Å². The number of fused-ring (bicyclic) bond motifs is 1. The van der Waals surface area contributed by atoms with Crippen molar-refractivity contribution < 1.29 is 0 Å². The van der Waals surface area contributed by atoms with Crippen molar-refractivity contribution in [3.63, 3.8) is 0 Å². The van der Waals surface area contributed by atoms with Crippen LogP contribution in [-0.2, 0) is 6.42 Å². The maximum atomic E-state index is 4.21. The molecule has 13 heavy (non-hydrogen) atoms. The molecule has 66 valence electrons. The van der Waals surface area contributed by atoms with Crippen LogP contribution in [0.25, 0.3) is 10.9 Å². The van der Waals surface area contributed by atoms with E-state index >= 15 is 0 Å². The van der Waals surface area contributed by atoms with Gasteiger partial charge in [0.25, 0.3) is 0 Å². The van der Waals surface area contributed by atoms with E-state index in [2.05, 4.69) is 35.1 Å². The Morgan fingerprint density at radius 2 is 2.08 bits per heavy atom. The highest BCUT2D eigenvalue weighted by Gasteiger charge is 1.99. The fourth-order valence-electron chi connectivity index (χ4n) is 1.45. The van der Waals surface area contributed by atoms with E-state index in [4.69, 9.17) is 0 Å². The Morgan fingerprint density at radius 3 is 2.85 bits per heavy atom. The minimum atomic E-state index is 1.03. The van der Waals surface area contributed by atoms with Crippen molar-refractivity contribution in [3.05, 3.63) is 35.8 Å². The third-order valence-electron chi connectivity index (χ3n) is 2.31. The van der Waals surface area contributed by atoms with Gasteiger partial charge in [-0.3, -0.25) is 0 Å². The van der Waals surface area contributed by atoms with Gasteiger partial charge in [-0.15, -0.1) is 0 Å². The lowest BCUT2D eigenvalue weighted by atomic mass is 10.1. The summed E-state index contributed by atoms with van der Waals surface area (Å²) in [5, 5.41) is 1.17. The Kier molecular flexibility index (Phi) is 1.97. The summed E-state index contributed by atoms with van der Waals surface area (Å²) in [5.74, 6) is 0. The molecule has 0 amide bonds. The van der Waals surface area contributed by atoms with Gasteiger partial charge in [0, 0.05) is 11.1 Å². The van der Waals surface area contributed by atoms with Gasteiger partial charge < -0.3 is 0 Å². The second-order valence-electron chi connectivity index (χ2n) is 3.16. The second kappa shape index (κ2) is 3.13. The summed E-state index contributed by atoms with van der Waals surface area (Å²) in [6.07, 6.45) is 2.67. The molecule has 0 saturated heterocycles. The average molecular weight is 172 g/mol. The van der Waals surface area contributed by atoms with Crippen LogP contribution in [-0.4, -0.2) is 9.97 Å². The van der Waals surface area contributed by atoms with E-state index in [0.29, 0.717) is 0 Å². The summed E-state index contributed by atoms with van der Waals surface area (Å²) in [4.78, 5) is 8.38. The van der Waals surface area contributed by atoms with Crippen LogP contribution in [0.4, 0.5) is 0 Å². The number of aromatic nitrogens is 2. The van der Waals surface area contributed by atoms with Crippen molar-refractivity contribution in [2.45, 2.75) is 20.3 Å². The van der Waals surface area contributed by atoms with Crippen LogP contribution >= 0.6 is 0 Å². The van der Waals surface area contributed by atoms with Crippen LogP contribution in [0, 0.1) is 6.92 Å². The van der Waals surface area contributed by atoms with Crippen LogP contribution in [0.2, 0.25) is 0 Å². The van der Waals surface area contributed by atoms with Gasteiger partial charge in [0.1, 0.15) is 6.33 Å². The minimum absolute atomic E-state index is 1.03. The van der Waals surface area contributed by atoms with Gasteiger partial charge in [-0.1, -0.05) is 13.0 Å². The number of benzene rings is 1. The number of rotatable bonds is 1. The van der Waals surface area contributed by atoms with Crippen LogP contribution in [0.1, 0.15) is 18.2 Å². The molecule has 0 N–H and O–H groups in total. The first-order valence-electron chi connectivity index (χ1n) is 4.51. The van der Waals surface area contributed by atoms with Crippen molar-refractivity contribution in [1.29, 1.82) is 0 Å². The number of hydrogen-bond acceptors (Lipinski definition) is 2. The Hall–Kier alpha value is -1.44. The summed E-state index contributed by atoms with van der Waals surface area (Å²) in [5.41, 5.74) is 3.43. The van der Waals surface area contributed by atoms with Crippen LogP contribution in [0.5, 0.6) is 0 Å². The number of aryl methyl sites for hydroxylation is 2. The van der Waals surface area contributed by atoms with E-state index in [-0.39, 0.29) is 0 Å². The molecule has 1 heterocycles. The summed E-state index contributed by atoms with van der Waals surface area (Å²) in [6.45, 7) is 4.17. The van der Waals surface area contributed by atoms with Crippen LogP contribution in [0.3, 0.4) is 0 Å². The third-order valence-corrected chi connectivity index (χ3v) is 2.31. The maximum Gasteiger partial charge on any atom is 0.116 e. The van der Waals surface area contributed by atoms with E-state index < -0.39 is 0 Å². The van der Waals surface area contributed by atoms with E-state index in [9.17, 15) is 0 Å². The van der Waals surface area contributed by atoms with Crippen LogP contribution < -0.4 is 0 Å². The van der Waals surface area contributed by atoms with Crippen molar-refractivity contribution in [1.82, 2.24) is 9.97 Å². The molecule has 0 atom stereocenters. The first-order chi connectivity index (χ1) is 6.31. The fraction of sp³-hybridized carbons (Fsp3) is 0.273. The quantitative estimate of drug-likeness (QED) is 0.660. The molecule has 0 aliphatic heterocycles. The van der Waals surface area contributed by atoms with Gasteiger partial charge in [0.2, 0.25) is 0 Å². The molecular weight excluding hydrogens is 160 g/mol. The highest BCUT2D eigenvalue weighted by molar-refractivity contribution is 5.81. The molecule has 0 unspecified atom stereocenters. The molecule has 0 aliphatic carbocycles. The molecule has 1 aromatic carbocycles. The lowest BCUT2D eigenvalue weighted by Crippen LogP contribution is -1.88. The highest BCUT2D eigenvalue weighted by atomic mass is 14.8. The van der Waals surface area contributed by atoms with Crippen molar-refractivity contribution in [3.8, 4) is 0 Å². The van der Waals surface area contributed by atoms with E-state index in [1.165, 1.54) is 10.9 Å². The van der Waals surface area contributed by atoms with Gasteiger partial charge in [-0.2, -0.15) is 0 Å². The highest BCUT2D eigenvalue weighted by Crippen LogP contribution is 2.15. The standard InChI is InChI=1S/C11H12N2/c1-3-9-4-5-11-10(6-9)8(2)12-7-13-11/h4-7H,3H2,1-2H3. The summed E-state index contributed by atoms with van der Waals surface area (Å²) < 4.78 is 0. The smallest absolute Gasteiger partial charge is 0.116 e. The van der Waals surface area contributed by atoms with E-state index in [1.54, 1.807) is 6.33 Å². The van der Waals surface area contributed by atoms with Crippen molar-refractivity contribution in [2.24, 2.45) is 0 Å². The second-order valence-corrected chi connectivity index (χ2v) is 3.16. The zero-order valence-electron chi connectivity index (χ0n) is 7.91. The molecule has 0 fully saturated rings. The first-order valence-corrected chi connectivity index (χ1v) is 4.51. The molecule has 0 bridgehead atoms. The monoisotopic (exact) mass is 172 g/mol. The molecule has 2 rings (SSSR count). The summed E-state index contributed by atoms with van der Waals surface area (Å²) >= 11 is 0. The molecule has 2 aromatic rings. The lowest BCUT2D eigenvalue weighted by Gasteiger charge is -2.01. The number of nitrogens with zero attached hydrogens (tertiary/aromatic N) is 2. The third kappa shape index (κ3) is 1.39. The molecule has 2 nitrogen and oxygen atoms in total. The normalized spacial score (nSPS) is 10.6. The van der Waals surface area contributed by atoms with Gasteiger partial charge in [0.15, 0.2) is 0 Å². The van der Waals surface area contributed by atoms with E-state index in [1.807, 2.05) is 6.92 Å². The molecule has 0 aliphatic rings. The van der Waals surface area contributed by atoms with Gasteiger partial charge in [-0.05, 0) is 31.0 Å². The molecule has 0 saturated carbocycles. The minimum Gasteiger partial charge on any atom is -0.241 e. The SMILES string of the molecule is CCc1ccc2ncnc(C)c2c1. The van der Waals surface area contributed by atoms with Crippen molar-refractivity contribution >= 4 is 10.9 Å². The van der Waals surface area contributed by atoms with Crippen molar-refractivity contribution in [2.75, 3.05) is 0 Å². The van der Waals surface area contributed by atoms with Gasteiger partial charge in [-0.25, -0.2) is 9.97 Å². The Labute approximate surface area is 77.6 Å². The fourth-order valence-corrected chi connectivity index (χ4v) is 1.45. The summed E-state index contributed by atoms with van der Waals surface area (Å²) in [6, 6.07) is 6.35. The van der Waals surface area contributed by atoms with Gasteiger partial charge in [0.05, 0.1) is 5.52 Å². The first kappa shape index (κ1) is 8.17. The molecule has 0 spiro atoms. The largest absolute Gasteiger partial charge is 0.241 e. The Bertz CT molecular complexity index is 435. The number of hydrogen-bond donors (Lipinski definition) is 0. The molecule has 2 heteroatoms. The Balaban J connectivity index is 2.74.